The van der Waals surface area contributed by atoms with E-state index >= 15 is 0 Å². The van der Waals surface area contributed by atoms with Crippen molar-refractivity contribution in [1.29, 1.82) is 0 Å². The Labute approximate surface area is 113 Å². The van der Waals surface area contributed by atoms with Gasteiger partial charge in [0, 0.05) is 29.2 Å². The molecule has 0 bridgehead atoms. The lowest BCUT2D eigenvalue weighted by molar-refractivity contribution is 0.0946. The van der Waals surface area contributed by atoms with E-state index in [1.165, 1.54) is 0 Å². The van der Waals surface area contributed by atoms with E-state index in [0.717, 1.165) is 16.3 Å². The van der Waals surface area contributed by atoms with Crippen molar-refractivity contribution >= 4 is 22.4 Å². The molecule has 1 amide bonds. The summed E-state index contributed by atoms with van der Waals surface area (Å²) >= 11 is 0. The number of nitrogen functional groups attached to an aromatic ring is 1. The maximum absolute atomic E-state index is 12.1. The van der Waals surface area contributed by atoms with E-state index < -0.39 is 0 Å². The van der Waals surface area contributed by atoms with Crippen molar-refractivity contribution in [2.75, 3.05) is 12.3 Å². The summed E-state index contributed by atoms with van der Waals surface area (Å²) in [4.78, 5) is 16.3. The van der Waals surface area contributed by atoms with Crippen LogP contribution in [-0.4, -0.2) is 17.4 Å². The third-order valence-electron chi connectivity index (χ3n) is 3.09. The van der Waals surface area contributed by atoms with E-state index in [1.807, 2.05) is 25.1 Å². The van der Waals surface area contributed by atoms with Crippen molar-refractivity contribution in [3.8, 4) is 0 Å². The van der Waals surface area contributed by atoms with E-state index in [0.29, 0.717) is 23.8 Å². The van der Waals surface area contributed by atoms with Crippen LogP contribution in [-0.2, 0) is 0 Å². The number of amides is 1. The Balaban J connectivity index is 2.44. The van der Waals surface area contributed by atoms with Crippen molar-refractivity contribution < 1.29 is 4.79 Å². The molecule has 0 spiro atoms. The van der Waals surface area contributed by atoms with Gasteiger partial charge in [0.2, 0.25) is 0 Å². The van der Waals surface area contributed by atoms with E-state index in [2.05, 4.69) is 24.1 Å². The number of carbonyl (C=O) groups is 1. The maximum Gasteiger partial charge on any atom is 0.270 e. The number of benzene rings is 1. The summed E-state index contributed by atoms with van der Waals surface area (Å²) in [6.07, 6.45) is 1.63. The van der Waals surface area contributed by atoms with Gasteiger partial charge in [0.25, 0.3) is 5.91 Å². The van der Waals surface area contributed by atoms with E-state index in [-0.39, 0.29) is 5.91 Å². The largest absolute Gasteiger partial charge is 0.398 e. The van der Waals surface area contributed by atoms with Crippen molar-refractivity contribution in [2.45, 2.75) is 20.8 Å². The van der Waals surface area contributed by atoms with Gasteiger partial charge in [0.15, 0.2) is 0 Å². The molecule has 0 atom stereocenters. The fourth-order valence-electron chi connectivity index (χ4n) is 1.95. The van der Waals surface area contributed by atoms with Gasteiger partial charge in [0.1, 0.15) is 5.69 Å². The molecule has 0 aliphatic heterocycles. The van der Waals surface area contributed by atoms with Crippen molar-refractivity contribution in [1.82, 2.24) is 10.3 Å². The van der Waals surface area contributed by atoms with Crippen molar-refractivity contribution in [3.63, 3.8) is 0 Å². The van der Waals surface area contributed by atoms with Crippen LogP contribution in [0.1, 0.15) is 29.9 Å². The Bertz CT molecular complexity index is 620. The molecule has 0 aliphatic carbocycles. The van der Waals surface area contributed by atoms with Gasteiger partial charge in [-0.05, 0) is 24.5 Å². The van der Waals surface area contributed by atoms with Gasteiger partial charge in [-0.1, -0.05) is 26.0 Å². The number of carbonyl (C=O) groups excluding carboxylic acids is 1. The highest BCUT2D eigenvalue weighted by Crippen LogP contribution is 2.25. The van der Waals surface area contributed by atoms with Crippen molar-refractivity contribution in [3.05, 3.63) is 35.7 Å². The molecule has 1 heterocycles. The molecule has 100 valence electrons. The molecule has 0 saturated heterocycles. The number of aromatic nitrogens is 1. The lowest BCUT2D eigenvalue weighted by Gasteiger charge is -2.11. The molecule has 4 nitrogen and oxygen atoms in total. The number of pyridine rings is 1. The number of anilines is 1. The normalized spacial score (nSPS) is 10.9. The average Bonchev–Trinajstić information content (AvgIpc) is 2.39. The first kappa shape index (κ1) is 13.3. The zero-order valence-electron chi connectivity index (χ0n) is 11.5. The zero-order chi connectivity index (χ0) is 14.0. The second-order valence-corrected chi connectivity index (χ2v) is 5.15. The topological polar surface area (TPSA) is 68.0 Å². The third-order valence-corrected chi connectivity index (χ3v) is 3.09. The van der Waals surface area contributed by atoms with Crippen molar-refractivity contribution in [2.24, 2.45) is 5.92 Å². The number of rotatable bonds is 3. The number of nitrogens with one attached hydrogen (secondary N) is 1. The summed E-state index contributed by atoms with van der Waals surface area (Å²) in [5.41, 5.74) is 8.20. The van der Waals surface area contributed by atoms with Crippen LogP contribution in [0.3, 0.4) is 0 Å². The summed E-state index contributed by atoms with van der Waals surface area (Å²) in [5.74, 6) is 0.258. The van der Waals surface area contributed by atoms with Crippen LogP contribution in [0.2, 0.25) is 0 Å². The average molecular weight is 257 g/mol. The molecule has 19 heavy (non-hydrogen) atoms. The van der Waals surface area contributed by atoms with Gasteiger partial charge < -0.3 is 11.1 Å². The molecule has 2 rings (SSSR count). The highest BCUT2D eigenvalue weighted by atomic mass is 16.1. The maximum atomic E-state index is 12.1. The minimum absolute atomic E-state index is 0.150. The van der Waals surface area contributed by atoms with Gasteiger partial charge in [-0.15, -0.1) is 0 Å². The van der Waals surface area contributed by atoms with Crippen LogP contribution in [0.5, 0.6) is 0 Å². The Hall–Kier alpha value is -2.10. The van der Waals surface area contributed by atoms with Crippen LogP contribution in [0.15, 0.2) is 24.4 Å². The number of hydrogen-bond acceptors (Lipinski definition) is 3. The summed E-state index contributed by atoms with van der Waals surface area (Å²) in [6.45, 7) is 6.70. The lowest BCUT2D eigenvalue weighted by Crippen LogP contribution is -2.28. The SMILES string of the molecule is Cc1ccc2c(C(=O)NCC(C)C)nccc2c1N. The predicted molar refractivity (Wildman–Crippen MR) is 78.1 cm³/mol. The van der Waals surface area contributed by atoms with Crippen LogP contribution in [0, 0.1) is 12.8 Å². The van der Waals surface area contributed by atoms with E-state index in [9.17, 15) is 4.79 Å². The first-order valence-electron chi connectivity index (χ1n) is 6.42. The van der Waals surface area contributed by atoms with Crippen LogP contribution < -0.4 is 11.1 Å². The minimum atomic E-state index is -0.150. The summed E-state index contributed by atoms with van der Waals surface area (Å²) in [5, 5.41) is 4.56. The third kappa shape index (κ3) is 2.67. The van der Waals surface area contributed by atoms with Gasteiger partial charge in [0.05, 0.1) is 0 Å². The van der Waals surface area contributed by atoms with Crippen LogP contribution in [0.25, 0.3) is 10.8 Å². The molecule has 1 aromatic carbocycles. The number of fused-ring (bicyclic) bond motifs is 1. The second-order valence-electron chi connectivity index (χ2n) is 5.15. The quantitative estimate of drug-likeness (QED) is 0.830. The standard InChI is InChI=1S/C15H19N3O/c1-9(2)8-18-15(19)14-12-5-4-10(3)13(16)11(12)6-7-17-14/h4-7,9H,8,16H2,1-3H3,(H,18,19). The van der Waals surface area contributed by atoms with Gasteiger partial charge >= 0.3 is 0 Å². The molecule has 1 aromatic heterocycles. The predicted octanol–water partition coefficient (Wildman–Crippen LogP) is 2.51. The molecular weight excluding hydrogens is 238 g/mol. The van der Waals surface area contributed by atoms with Gasteiger partial charge in [-0.2, -0.15) is 0 Å². The highest BCUT2D eigenvalue weighted by molar-refractivity contribution is 6.08. The smallest absolute Gasteiger partial charge is 0.270 e. The minimum Gasteiger partial charge on any atom is -0.398 e. The number of hydrogen-bond donors (Lipinski definition) is 2. The summed E-state index contributed by atoms with van der Waals surface area (Å²) in [7, 11) is 0. The molecule has 0 radical (unpaired) electrons. The van der Waals surface area contributed by atoms with E-state index in [1.54, 1.807) is 6.20 Å². The molecule has 2 aromatic rings. The Morgan fingerprint density at radius 2 is 2.05 bits per heavy atom. The highest BCUT2D eigenvalue weighted by Gasteiger charge is 2.13. The molecule has 0 fully saturated rings. The zero-order valence-corrected chi connectivity index (χ0v) is 11.5. The molecule has 4 heteroatoms. The Morgan fingerprint density at radius 3 is 2.74 bits per heavy atom. The molecular formula is C15H19N3O. The first-order chi connectivity index (χ1) is 9.00. The van der Waals surface area contributed by atoms with Gasteiger partial charge in [-0.3, -0.25) is 9.78 Å². The number of nitrogens with zero attached hydrogens (tertiary/aromatic N) is 1. The molecule has 3 N–H and O–H groups in total. The van der Waals surface area contributed by atoms with E-state index in [4.69, 9.17) is 5.73 Å². The lowest BCUT2D eigenvalue weighted by atomic mass is 10.0. The number of nitrogens with two attached hydrogens (primary N) is 1. The Morgan fingerprint density at radius 1 is 1.32 bits per heavy atom. The second kappa shape index (κ2) is 5.26. The molecule has 0 aliphatic rings. The fourth-order valence-corrected chi connectivity index (χ4v) is 1.95. The fraction of sp³-hybridized carbons (Fsp3) is 0.333. The molecule has 0 saturated carbocycles. The first-order valence-corrected chi connectivity index (χ1v) is 6.42. The molecule has 0 unspecified atom stereocenters. The van der Waals surface area contributed by atoms with Crippen LogP contribution >= 0.6 is 0 Å². The summed E-state index contributed by atoms with van der Waals surface area (Å²) in [6, 6.07) is 5.66. The Kier molecular flexibility index (Phi) is 3.69. The monoisotopic (exact) mass is 257 g/mol. The number of aryl methyl sites for hydroxylation is 1. The summed E-state index contributed by atoms with van der Waals surface area (Å²) < 4.78 is 0. The van der Waals surface area contributed by atoms with Crippen LogP contribution in [0.4, 0.5) is 5.69 Å². The van der Waals surface area contributed by atoms with Gasteiger partial charge in [-0.25, -0.2) is 0 Å².